The molecule has 1 atom stereocenters. The first-order chi connectivity index (χ1) is 9.51. The molecule has 2 aromatic rings. The third kappa shape index (κ3) is 3.14. The average molecular weight is 268 g/mol. The number of aliphatic hydroxyl groups is 1. The Morgan fingerprint density at radius 1 is 1.05 bits per heavy atom. The van der Waals surface area contributed by atoms with Gasteiger partial charge in [-0.05, 0) is 43.5 Å². The summed E-state index contributed by atoms with van der Waals surface area (Å²) in [6, 6.07) is 13.2. The number of carbonyl (C=O) groups is 1. The van der Waals surface area contributed by atoms with Crippen molar-refractivity contribution in [1.82, 2.24) is 0 Å². The Bertz CT molecular complexity index is 592. The Kier molecular flexibility index (Phi) is 4.35. The maximum Gasteiger partial charge on any atom is 0.195 e. The highest BCUT2D eigenvalue weighted by Crippen LogP contribution is 2.20. The molecule has 0 saturated heterocycles. The van der Waals surface area contributed by atoms with E-state index in [1.807, 2.05) is 56.3 Å². The van der Waals surface area contributed by atoms with E-state index >= 15 is 0 Å². The standard InChI is InChI=1S/C18H20O2/c1-4-14-5-7-15(8-6-14)17(19)18(20)16-10-12(2)9-13(3)11-16/h5-11,17,19H,4H2,1-3H3. The number of hydrogen-bond donors (Lipinski definition) is 1. The monoisotopic (exact) mass is 268 g/mol. The smallest absolute Gasteiger partial charge is 0.195 e. The molecule has 0 heterocycles. The van der Waals surface area contributed by atoms with E-state index in [0.717, 1.165) is 17.5 Å². The molecule has 0 spiro atoms. The first-order valence-corrected chi connectivity index (χ1v) is 6.90. The molecule has 2 rings (SSSR count). The molecule has 0 aliphatic rings. The van der Waals surface area contributed by atoms with Gasteiger partial charge in [0.2, 0.25) is 0 Å². The lowest BCUT2D eigenvalue weighted by Gasteiger charge is -2.12. The largest absolute Gasteiger partial charge is 0.380 e. The molecule has 0 aromatic heterocycles. The van der Waals surface area contributed by atoms with E-state index in [-0.39, 0.29) is 5.78 Å². The van der Waals surface area contributed by atoms with Gasteiger partial charge in [0.25, 0.3) is 0 Å². The van der Waals surface area contributed by atoms with Gasteiger partial charge < -0.3 is 5.11 Å². The van der Waals surface area contributed by atoms with Gasteiger partial charge in [0, 0.05) is 5.56 Å². The second-order valence-corrected chi connectivity index (χ2v) is 5.24. The van der Waals surface area contributed by atoms with Crippen LogP contribution in [-0.2, 0) is 6.42 Å². The van der Waals surface area contributed by atoms with Crippen molar-refractivity contribution in [2.75, 3.05) is 0 Å². The third-order valence-corrected chi connectivity index (χ3v) is 3.46. The van der Waals surface area contributed by atoms with Gasteiger partial charge in [-0.15, -0.1) is 0 Å². The molecular formula is C18H20O2. The lowest BCUT2D eigenvalue weighted by Crippen LogP contribution is -2.12. The summed E-state index contributed by atoms with van der Waals surface area (Å²) in [4.78, 5) is 12.4. The van der Waals surface area contributed by atoms with Crippen LogP contribution in [0, 0.1) is 13.8 Å². The molecule has 0 fully saturated rings. The second kappa shape index (κ2) is 6.02. The van der Waals surface area contributed by atoms with E-state index in [1.54, 1.807) is 0 Å². The van der Waals surface area contributed by atoms with Crippen LogP contribution in [0.1, 0.15) is 45.6 Å². The number of ketones is 1. The van der Waals surface area contributed by atoms with E-state index < -0.39 is 6.10 Å². The molecule has 0 bridgehead atoms. The zero-order valence-electron chi connectivity index (χ0n) is 12.2. The molecule has 2 nitrogen and oxygen atoms in total. The predicted octanol–water partition coefficient (Wildman–Crippen LogP) is 3.78. The number of Topliss-reactive ketones (excluding diaryl/α,β-unsaturated/α-hetero) is 1. The summed E-state index contributed by atoms with van der Waals surface area (Å²) in [6.45, 7) is 5.98. The van der Waals surface area contributed by atoms with Crippen molar-refractivity contribution in [3.05, 3.63) is 70.3 Å². The molecule has 2 heteroatoms. The maximum atomic E-state index is 12.4. The zero-order chi connectivity index (χ0) is 14.7. The summed E-state index contributed by atoms with van der Waals surface area (Å²) >= 11 is 0. The highest BCUT2D eigenvalue weighted by atomic mass is 16.3. The van der Waals surface area contributed by atoms with Crippen molar-refractivity contribution in [1.29, 1.82) is 0 Å². The van der Waals surface area contributed by atoms with E-state index in [9.17, 15) is 9.90 Å². The van der Waals surface area contributed by atoms with Crippen molar-refractivity contribution in [2.24, 2.45) is 0 Å². The van der Waals surface area contributed by atoms with Crippen LogP contribution in [0.2, 0.25) is 0 Å². The Labute approximate surface area is 120 Å². The maximum absolute atomic E-state index is 12.4. The minimum atomic E-state index is -1.10. The van der Waals surface area contributed by atoms with Gasteiger partial charge in [0.1, 0.15) is 6.10 Å². The normalized spacial score (nSPS) is 12.2. The molecule has 1 unspecified atom stereocenters. The summed E-state index contributed by atoms with van der Waals surface area (Å²) < 4.78 is 0. The minimum Gasteiger partial charge on any atom is -0.380 e. The molecule has 0 radical (unpaired) electrons. The van der Waals surface area contributed by atoms with Gasteiger partial charge in [-0.25, -0.2) is 0 Å². The molecule has 20 heavy (non-hydrogen) atoms. The number of aryl methyl sites for hydroxylation is 3. The summed E-state index contributed by atoms with van der Waals surface area (Å²) in [7, 11) is 0. The Morgan fingerprint density at radius 3 is 2.10 bits per heavy atom. The average Bonchev–Trinajstić information content (AvgIpc) is 2.45. The van der Waals surface area contributed by atoms with Gasteiger partial charge in [0.05, 0.1) is 0 Å². The summed E-state index contributed by atoms with van der Waals surface area (Å²) in [5, 5.41) is 10.2. The van der Waals surface area contributed by atoms with E-state index in [1.165, 1.54) is 5.56 Å². The van der Waals surface area contributed by atoms with E-state index in [0.29, 0.717) is 11.1 Å². The molecule has 1 N–H and O–H groups in total. The van der Waals surface area contributed by atoms with Crippen LogP contribution in [0.4, 0.5) is 0 Å². The van der Waals surface area contributed by atoms with Crippen LogP contribution in [0.25, 0.3) is 0 Å². The Morgan fingerprint density at radius 2 is 1.60 bits per heavy atom. The van der Waals surface area contributed by atoms with Crippen molar-refractivity contribution in [2.45, 2.75) is 33.3 Å². The topological polar surface area (TPSA) is 37.3 Å². The highest BCUT2D eigenvalue weighted by molar-refractivity contribution is 6.00. The number of carbonyl (C=O) groups excluding carboxylic acids is 1. The predicted molar refractivity (Wildman–Crippen MR) is 81.0 cm³/mol. The molecule has 0 aliphatic heterocycles. The highest BCUT2D eigenvalue weighted by Gasteiger charge is 2.19. The van der Waals surface area contributed by atoms with Crippen LogP contribution in [-0.4, -0.2) is 10.9 Å². The number of aliphatic hydroxyl groups excluding tert-OH is 1. The number of hydrogen-bond acceptors (Lipinski definition) is 2. The van der Waals surface area contributed by atoms with Crippen LogP contribution < -0.4 is 0 Å². The lowest BCUT2D eigenvalue weighted by atomic mass is 9.96. The first kappa shape index (κ1) is 14.5. The first-order valence-electron chi connectivity index (χ1n) is 6.90. The molecule has 0 saturated carbocycles. The van der Waals surface area contributed by atoms with Gasteiger partial charge in [0.15, 0.2) is 5.78 Å². The number of rotatable bonds is 4. The Hall–Kier alpha value is -1.93. The van der Waals surface area contributed by atoms with Gasteiger partial charge in [-0.3, -0.25) is 4.79 Å². The van der Waals surface area contributed by atoms with Crippen molar-refractivity contribution < 1.29 is 9.90 Å². The fourth-order valence-corrected chi connectivity index (χ4v) is 2.36. The second-order valence-electron chi connectivity index (χ2n) is 5.24. The van der Waals surface area contributed by atoms with Gasteiger partial charge >= 0.3 is 0 Å². The van der Waals surface area contributed by atoms with Crippen molar-refractivity contribution in [3.63, 3.8) is 0 Å². The molecule has 0 aliphatic carbocycles. The Balaban J connectivity index is 2.27. The summed E-state index contributed by atoms with van der Waals surface area (Å²) in [5.41, 5.74) is 4.46. The zero-order valence-corrected chi connectivity index (χ0v) is 12.2. The van der Waals surface area contributed by atoms with Crippen molar-refractivity contribution in [3.8, 4) is 0 Å². The fraction of sp³-hybridized carbons (Fsp3) is 0.278. The van der Waals surface area contributed by atoms with Gasteiger partial charge in [-0.2, -0.15) is 0 Å². The fourth-order valence-electron chi connectivity index (χ4n) is 2.36. The lowest BCUT2D eigenvalue weighted by molar-refractivity contribution is 0.0747. The summed E-state index contributed by atoms with van der Waals surface area (Å²) in [6.07, 6.45) is -0.149. The van der Waals surface area contributed by atoms with Crippen LogP contribution in [0.15, 0.2) is 42.5 Å². The third-order valence-electron chi connectivity index (χ3n) is 3.46. The molecule has 0 amide bonds. The minimum absolute atomic E-state index is 0.249. The summed E-state index contributed by atoms with van der Waals surface area (Å²) in [5.74, 6) is -0.249. The molecule has 2 aromatic carbocycles. The van der Waals surface area contributed by atoms with E-state index in [2.05, 4.69) is 6.92 Å². The number of benzene rings is 2. The van der Waals surface area contributed by atoms with Crippen LogP contribution in [0.5, 0.6) is 0 Å². The quantitative estimate of drug-likeness (QED) is 0.857. The molecular weight excluding hydrogens is 248 g/mol. The molecule has 104 valence electrons. The van der Waals surface area contributed by atoms with E-state index in [4.69, 9.17) is 0 Å². The van der Waals surface area contributed by atoms with Crippen LogP contribution in [0.3, 0.4) is 0 Å². The van der Waals surface area contributed by atoms with Crippen molar-refractivity contribution >= 4 is 5.78 Å². The van der Waals surface area contributed by atoms with Crippen LogP contribution >= 0.6 is 0 Å². The SMILES string of the molecule is CCc1ccc(C(O)C(=O)c2cc(C)cc(C)c2)cc1. The van der Waals surface area contributed by atoms with Gasteiger partial charge in [-0.1, -0.05) is 48.4 Å².